The molecule has 1 aromatic carbocycles. The average Bonchev–Trinajstić information content (AvgIpc) is 2.70. The van der Waals surface area contributed by atoms with Crippen LogP contribution in [0.25, 0.3) is 0 Å². The third-order valence-corrected chi connectivity index (χ3v) is 4.46. The highest BCUT2D eigenvalue weighted by molar-refractivity contribution is 9.10. The van der Waals surface area contributed by atoms with Crippen LogP contribution in [0.15, 0.2) is 34.1 Å². The summed E-state index contributed by atoms with van der Waals surface area (Å²) in [6, 6.07) is 6.59. The lowest BCUT2D eigenvalue weighted by atomic mass is 10.2. The molecule has 0 aliphatic carbocycles. The summed E-state index contributed by atoms with van der Waals surface area (Å²) in [5.41, 5.74) is 0.588. The van der Waals surface area contributed by atoms with Crippen LogP contribution < -0.4 is 5.32 Å². The van der Waals surface area contributed by atoms with E-state index in [1.54, 1.807) is 23.5 Å². The predicted molar refractivity (Wildman–Crippen MR) is 74.0 cm³/mol. The molecule has 0 fully saturated rings. The largest absolute Gasteiger partial charge is 0.308 e. The smallest absolute Gasteiger partial charge is 0.127 e. The predicted octanol–water partition coefficient (Wildman–Crippen LogP) is 4.59. The monoisotopic (exact) mass is 333 g/mol. The Morgan fingerprint density at radius 1 is 1.29 bits per heavy atom. The van der Waals surface area contributed by atoms with Crippen molar-refractivity contribution in [3.05, 3.63) is 55.4 Å². The van der Waals surface area contributed by atoms with Gasteiger partial charge in [0.15, 0.2) is 0 Å². The van der Waals surface area contributed by atoms with Crippen molar-refractivity contribution in [2.24, 2.45) is 0 Å². The van der Waals surface area contributed by atoms with Crippen molar-refractivity contribution in [1.29, 1.82) is 0 Å². The molecule has 17 heavy (non-hydrogen) atoms. The second kappa shape index (κ2) is 5.96. The molecule has 0 saturated heterocycles. The van der Waals surface area contributed by atoms with Crippen LogP contribution in [-0.2, 0) is 13.1 Å². The van der Waals surface area contributed by atoms with Crippen LogP contribution in [0.4, 0.5) is 4.39 Å². The zero-order valence-corrected chi connectivity index (χ0v) is 12.0. The summed E-state index contributed by atoms with van der Waals surface area (Å²) in [7, 11) is 0. The molecular weight excluding hydrogens is 325 g/mol. The van der Waals surface area contributed by atoms with Crippen molar-refractivity contribution in [2.75, 3.05) is 0 Å². The van der Waals surface area contributed by atoms with Crippen LogP contribution in [-0.4, -0.2) is 0 Å². The summed E-state index contributed by atoms with van der Waals surface area (Å²) in [5, 5.41) is 5.77. The summed E-state index contributed by atoms with van der Waals surface area (Å²) >= 11 is 10.9. The van der Waals surface area contributed by atoms with E-state index in [0.717, 1.165) is 4.47 Å². The van der Waals surface area contributed by atoms with Gasteiger partial charge in [0, 0.05) is 33.0 Å². The first-order valence-electron chi connectivity index (χ1n) is 5.03. The minimum Gasteiger partial charge on any atom is -0.308 e. The lowest BCUT2D eigenvalue weighted by Crippen LogP contribution is -2.13. The van der Waals surface area contributed by atoms with Crippen molar-refractivity contribution in [3.63, 3.8) is 0 Å². The summed E-state index contributed by atoms with van der Waals surface area (Å²) in [6.07, 6.45) is 0. The maximum atomic E-state index is 13.4. The lowest BCUT2D eigenvalue weighted by Gasteiger charge is -2.05. The zero-order valence-electron chi connectivity index (χ0n) is 8.84. The van der Waals surface area contributed by atoms with E-state index in [1.807, 2.05) is 11.4 Å². The van der Waals surface area contributed by atoms with Gasteiger partial charge in [0.2, 0.25) is 0 Å². The molecule has 2 aromatic rings. The van der Waals surface area contributed by atoms with Gasteiger partial charge in [-0.1, -0.05) is 11.6 Å². The molecule has 0 aliphatic rings. The molecule has 2 rings (SSSR count). The molecule has 0 atom stereocenters. The van der Waals surface area contributed by atoms with Crippen LogP contribution in [0.5, 0.6) is 0 Å². The molecule has 0 bridgehead atoms. The van der Waals surface area contributed by atoms with Crippen molar-refractivity contribution in [1.82, 2.24) is 5.32 Å². The lowest BCUT2D eigenvalue weighted by molar-refractivity contribution is 0.589. The standard InChI is InChI=1S/C12H10BrClFNS/c13-10-3-4-17-12(10)7-16-6-8-5-9(14)1-2-11(8)15/h1-5,16H,6-7H2. The second-order valence-electron chi connectivity index (χ2n) is 3.53. The summed E-state index contributed by atoms with van der Waals surface area (Å²) in [5.74, 6) is -0.229. The van der Waals surface area contributed by atoms with Crippen LogP contribution in [0.2, 0.25) is 5.02 Å². The Morgan fingerprint density at radius 3 is 2.82 bits per heavy atom. The van der Waals surface area contributed by atoms with Gasteiger partial charge < -0.3 is 5.32 Å². The third-order valence-electron chi connectivity index (χ3n) is 2.30. The van der Waals surface area contributed by atoms with E-state index in [2.05, 4.69) is 21.2 Å². The summed E-state index contributed by atoms with van der Waals surface area (Å²) in [4.78, 5) is 1.20. The number of hydrogen-bond acceptors (Lipinski definition) is 2. The number of thiophene rings is 1. The first-order chi connectivity index (χ1) is 8.16. The summed E-state index contributed by atoms with van der Waals surface area (Å²) in [6.45, 7) is 1.18. The zero-order chi connectivity index (χ0) is 12.3. The van der Waals surface area contributed by atoms with Crippen LogP contribution in [0.3, 0.4) is 0 Å². The number of nitrogens with one attached hydrogen (secondary N) is 1. The highest BCUT2D eigenvalue weighted by Gasteiger charge is 2.04. The molecule has 0 aliphatic heterocycles. The van der Waals surface area contributed by atoms with E-state index >= 15 is 0 Å². The molecule has 5 heteroatoms. The number of hydrogen-bond donors (Lipinski definition) is 1. The van der Waals surface area contributed by atoms with E-state index in [4.69, 9.17) is 11.6 Å². The maximum Gasteiger partial charge on any atom is 0.127 e. The van der Waals surface area contributed by atoms with E-state index in [9.17, 15) is 4.39 Å². The molecule has 90 valence electrons. The number of rotatable bonds is 4. The topological polar surface area (TPSA) is 12.0 Å². The van der Waals surface area contributed by atoms with Gasteiger partial charge in [-0.25, -0.2) is 4.39 Å². The van der Waals surface area contributed by atoms with Gasteiger partial charge in [-0.05, 0) is 45.6 Å². The van der Waals surface area contributed by atoms with Crippen molar-refractivity contribution in [2.45, 2.75) is 13.1 Å². The van der Waals surface area contributed by atoms with Gasteiger partial charge in [0.05, 0.1) is 0 Å². The van der Waals surface area contributed by atoms with Crippen molar-refractivity contribution < 1.29 is 4.39 Å². The highest BCUT2D eigenvalue weighted by Crippen LogP contribution is 2.22. The molecule has 0 unspecified atom stereocenters. The van der Waals surface area contributed by atoms with Gasteiger partial charge in [-0.15, -0.1) is 11.3 Å². The molecule has 1 N–H and O–H groups in total. The minimum atomic E-state index is -0.229. The van der Waals surface area contributed by atoms with Gasteiger partial charge in [0.1, 0.15) is 5.82 Å². The molecule has 0 saturated carbocycles. The SMILES string of the molecule is Fc1ccc(Cl)cc1CNCc1sccc1Br. The van der Waals surface area contributed by atoms with Crippen molar-refractivity contribution >= 4 is 38.9 Å². The quantitative estimate of drug-likeness (QED) is 0.862. The fourth-order valence-electron chi connectivity index (χ4n) is 1.44. The Hall–Kier alpha value is -0.420. The van der Waals surface area contributed by atoms with Crippen LogP contribution in [0.1, 0.15) is 10.4 Å². The number of benzene rings is 1. The fraction of sp³-hybridized carbons (Fsp3) is 0.167. The first kappa shape index (κ1) is 13.0. The van der Waals surface area contributed by atoms with Gasteiger partial charge >= 0.3 is 0 Å². The van der Waals surface area contributed by atoms with E-state index in [0.29, 0.717) is 23.7 Å². The van der Waals surface area contributed by atoms with E-state index in [-0.39, 0.29) is 5.82 Å². The molecule has 0 spiro atoms. The molecule has 1 nitrogen and oxygen atoms in total. The minimum absolute atomic E-state index is 0.229. The van der Waals surface area contributed by atoms with Crippen molar-refractivity contribution in [3.8, 4) is 0 Å². The normalized spacial score (nSPS) is 10.8. The fourth-order valence-corrected chi connectivity index (χ4v) is 3.10. The molecular formula is C12H10BrClFNS. The van der Waals surface area contributed by atoms with E-state index < -0.39 is 0 Å². The molecule has 1 heterocycles. The van der Waals surface area contributed by atoms with Gasteiger partial charge in [-0.2, -0.15) is 0 Å². The average molecular weight is 335 g/mol. The highest BCUT2D eigenvalue weighted by atomic mass is 79.9. The first-order valence-corrected chi connectivity index (χ1v) is 7.08. The van der Waals surface area contributed by atoms with Crippen LogP contribution >= 0.6 is 38.9 Å². The molecule has 0 amide bonds. The Labute approximate surface area is 117 Å². The third kappa shape index (κ3) is 3.52. The van der Waals surface area contributed by atoms with E-state index in [1.165, 1.54) is 10.9 Å². The second-order valence-corrected chi connectivity index (χ2v) is 5.82. The van der Waals surface area contributed by atoms with Gasteiger partial charge in [-0.3, -0.25) is 0 Å². The Kier molecular flexibility index (Phi) is 4.56. The molecule has 1 aromatic heterocycles. The van der Waals surface area contributed by atoms with Crippen LogP contribution in [0, 0.1) is 5.82 Å². The molecule has 0 radical (unpaired) electrons. The Bertz CT molecular complexity index is 515. The summed E-state index contributed by atoms with van der Waals surface area (Å²) < 4.78 is 14.5. The Balaban J connectivity index is 1.94. The maximum absolute atomic E-state index is 13.4. The number of halogens is 3. The Morgan fingerprint density at radius 2 is 2.12 bits per heavy atom. The van der Waals surface area contributed by atoms with Gasteiger partial charge in [0.25, 0.3) is 0 Å².